The molecule has 0 bridgehead atoms. The second-order valence-corrected chi connectivity index (χ2v) is 4.94. The normalized spacial score (nSPS) is 22.2. The van der Waals surface area contributed by atoms with Gasteiger partial charge in [-0.15, -0.1) is 0 Å². The Balaban J connectivity index is 2.22. The number of alkyl halides is 3. The fourth-order valence-corrected chi connectivity index (χ4v) is 2.43. The van der Waals surface area contributed by atoms with Crippen molar-refractivity contribution in [2.24, 2.45) is 0 Å². The van der Waals surface area contributed by atoms with Crippen LogP contribution in [0.15, 0.2) is 24.3 Å². The van der Waals surface area contributed by atoms with Crippen molar-refractivity contribution in [3.8, 4) is 6.07 Å². The molecule has 0 aliphatic carbocycles. The average Bonchev–Trinajstić information content (AvgIpc) is 2.41. The Hall–Kier alpha value is -1.58. The van der Waals surface area contributed by atoms with Crippen molar-refractivity contribution in [2.45, 2.75) is 25.2 Å². The average molecular weight is 283 g/mol. The predicted octanol–water partition coefficient (Wildman–Crippen LogP) is 2.56. The van der Waals surface area contributed by atoms with Gasteiger partial charge in [0.2, 0.25) is 0 Å². The molecule has 6 heteroatoms. The Kier molecular flexibility index (Phi) is 4.31. The fraction of sp³-hybridized carbons (Fsp3) is 0.500. The second kappa shape index (κ2) is 5.81. The van der Waals surface area contributed by atoms with E-state index in [-0.39, 0.29) is 6.04 Å². The second-order valence-electron chi connectivity index (χ2n) is 4.94. The van der Waals surface area contributed by atoms with Crippen LogP contribution in [0.1, 0.15) is 24.1 Å². The molecule has 2 atom stereocenters. The van der Waals surface area contributed by atoms with Crippen LogP contribution >= 0.6 is 0 Å². The molecule has 20 heavy (non-hydrogen) atoms. The minimum atomic E-state index is -4.34. The molecule has 1 aliphatic heterocycles. The summed E-state index contributed by atoms with van der Waals surface area (Å²) in [6, 6.07) is 6.72. The van der Waals surface area contributed by atoms with Gasteiger partial charge in [-0.2, -0.15) is 18.4 Å². The molecule has 3 nitrogen and oxygen atoms in total. The van der Waals surface area contributed by atoms with Gasteiger partial charge in [0, 0.05) is 25.7 Å². The van der Waals surface area contributed by atoms with Crippen molar-refractivity contribution >= 4 is 0 Å². The van der Waals surface area contributed by atoms with Gasteiger partial charge in [-0.3, -0.25) is 4.90 Å². The number of hydrogen-bond donors (Lipinski definition) is 1. The lowest BCUT2D eigenvalue weighted by molar-refractivity contribution is -0.137. The van der Waals surface area contributed by atoms with E-state index in [0.29, 0.717) is 12.1 Å². The van der Waals surface area contributed by atoms with Gasteiger partial charge in [0.1, 0.15) is 6.04 Å². The number of piperazine rings is 1. The summed E-state index contributed by atoms with van der Waals surface area (Å²) < 4.78 is 37.6. The first-order valence-electron chi connectivity index (χ1n) is 6.46. The minimum absolute atomic E-state index is 0.177. The van der Waals surface area contributed by atoms with Crippen molar-refractivity contribution in [1.82, 2.24) is 10.2 Å². The zero-order valence-corrected chi connectivity index (χ0v) is 11.1. The number of hydrogen-bond acceptors (Lipinski definition) is 3. The zero-order valence-electron chi connectivity index (χ0n) is 11.1. The van der Waals surface area contributed by atoms with E-state index in [1.165, 1.54) is 12.1 Å². The van der Waals surface area contributed by atoms with Crippen molar-refractivity contribution in [1.29, 1.82) is 5.26 Å². The third kappa shape index (κ3) is 3.11. The maximum Gasteiger partial charge on any atom is 0.416 e. The number of nitrogens with one attached hydrogen (secondary N) is 1. The van der Waals surface area contributed by atoms with E-state index < -0.39 is 17.8 Å². The predicted molar refractivity (Wildman–Crippen MR) is 68.8 cm³/mol. The molecule has 108 valence electrons. The van der Waals surface area contributed by atoms with E-state index in [9.17, 15) is 18.4 Å². The highest BCUT2D eigenvalue weighted by atomic mass is 19.4. The van der Waals surface area contributed by atoms with Crippen LogP contribution in [-0.4, -0.2) is 30.6 Å². The Morgan fingerprint density at radius 1 is 1.35 bits per heavy atom. The van der Waals surface area contributed by atoms with E-state index in [0.717, 1.165) is 25.2 Å². The van der Waals surface area contributed by atoms with Crippen LogP contribution in [0.4, 0.5) is 13.2 Å². The van der Waals surface area contributed by atoms with Crippen LogP contribution in [-0.2, 0) is 6.18 Å². The quantitative estimate of drug-likeness (QED) is 0.906. The number of nitrogens with zero attached hydrogens (tertiary/aromatic N) is 2. The topological polar surface area (TPSA) is 39.1 Å². The molecule has 1 fully saturated rings. The molecule has 1 aliphatic rings. The van der Waals surface area contributed by atoms with Gasteiger partial charge in [0.15, 0.2) is 0 Å². The van der Waals surface area contributed by atoms with Crippen LogP contribution < -0.4 is 5.32 Å². The van der Waals surface area contributed by atoms with E-state index >= 15 is 0 Å². The molecule has 1 heterocycles. The van der Waals surface area contributed by atoms with E-state index in [4.69, 9.17) is 0 Å². The van der Waals surface area contributed by atoms with Crippen LogP contribution in [0.3, 0.4) is 0 Å². The summed E-state index contributed by atoms with van der Waals surface area (Å²) >= 11 is 0. The maximum atomic E-state index is 12.5. The summed E-state index contributed by atoms with van der Waals surface area (Å²) in [5.74, 6) is 0. The van der Waals surface area contributed by atoms with Gasteiger partial charge in [0.25, 0.3) is 0 Å². The lowest BCUT2D eigenvalue weighted by atomic mass is 10.0. The molecule has 0 spiro atoms. The first kappa shape index (κ1) is 14.8. The summed E-state index contributed by atoms with van der Waals surface area (Å²) in [6.45, 7) is 4.27. The molecule has 0 saturated carbocycles. The van der Waals surface area contributed by atoms with Gasteiger partial charge < -0.3 is 5.32 Å². The highest BCUT2D eigenvalue weighted by molar-refractivity contribution is 5.30. The lowest BCUT2D eigenvalue weighted by Gasteiger charge is -2.37. The first-order chi connectivity index (χ1) is 9.43. The highest BCUT2D eigenvalue weighted by Gasteiger charge is 2.31. The SMILES string of the molecule is C[C@H]1CNCCN1C(C#N)c1ccc(C(F)(F)F)cc1. The van der Waals surface area contributed by atoms with Gasteiger partial charge in [0.05, 0.1) is 11.6 Å². The zero-order chi connectivity index (χ0) is 14.8. The monoisotopic (exact) mass is 283 g/mol. The first-order valence-corrected chi connectivity index (χ1v) is 6.46. The maximum absolute atomic E-state index is 12.5. The molecule has 1 saturated heterocycles. The van der Waals surface area contributed by atoms with Crippen molar-refractivity contribution in [3.05, 3.63) is 35.4 Å². The van der Waals surface area contributed by atoms with Gasteiger partial charge in [-0.25, -0.2) is 0 Å². The molecule has 0 amide bonds. The summed E-state index contributed by atoms with van der Waals surface area (Å²) in [4.78, 5) is 2.01. The van der Waals surface area contributed by atoms with Gasteiger partial charge in [-0.1, -0.05) is 12.1 Å². The third-order valence-electron chi connectivity index (χ3n) is 3.56. The molecular formula is C14H16F3N3. The molecule has 1 unspecified atom stereocenters. The highest BCUT2D eigenvalue weighted by Crippen LogP contribution is 2.31. The number of halogens is 3. The summed E-state index contributed by atoms with van der Waals surface area (Å²) in [7, 11) is 0. The van der Waals surface area contributed by atoms with Crippen LogP contribution in [0.25, 0.3) is 0 Å². The summed E-state index contributed by atoms with van der Waals surface area (Å²) in [6.07, 6.45) is -4.34. The largest absolute Gasteiger partial charge is 0.416 e. The van der Waals surface area contributed by atoms with E-state index in [2.05, 4.69) is 11.4 Å². The molecule has 2 rings (SSSR count). The van der Waals surface area contributed by atoms with Crippen LogP contribution in [0.2, 0.25) is 0 Å². The Morgan fingerprint density at radius 2 is 2.00 bits per heavy atom. The van der Waals surface area contributed by atoms with Crippen molar-refractivity contribution in [2.75, 3.05) is 19.6 Å². The van der Waals surface area contributed by atoms with Gasteiger partial charge in [-0.05, 0) is 24.6 Å². The smallest absolute Gasteiger partial charge is 0.314 e. The molecule has 0 radical (unpaired) electrons. The summed E-state index contributed by atoms with van der Waals surface area (Å²) in [5, 5.41) is 12.6. The van der Waals surface area contributed by atoms with Crippen LogP contribution in [0, 0.1) is 11.3 Å². The molecule has 0 aromatic heterocycles. The Morgan fingerprint density at radius 3 is 2.50 bits per heavy atom. The molecular weight excluding hydrogens is 267 g/mol. The Labute approximate surface area is 116 Å². The van der Waals surface area contributed by atoms with E-state index in [1.54, 1.807) is 0 Å². The lowest BCUT2D eigenvalue weighted by Crippen LogP contribution is -2.50. The molecule has 1 N–H and O–H groups in total. The fourth-order valence-electron chi connectivity index (χ4n) is 2.43. The summed E-state index contributed by atoms with van der Waals surface area (Å²) in [5.41, 5.74) is -0.0828. The minimum Gasteiger partial charge on any atom is -0.314 e. The number of benzene rings is 1. The van der Waals surface area contributed by atoms with Gasteiger partial charge >= 0.3 is 6.18 Å². The standard InChI is InChI=1S/C14H16F3N3/c1-10-9-19-6-7-20(10)13(8-18)11-2-4-12(5-3-11)14(15,16)17/h2-5,10,13,19H,6-7,9H2,1H3/t10-,13?/m0/s1. The van der Waals surface area contributed by atoms with Crippen LogP contribution in [0.5, 0.6) is 0 Å². The number of nitriles is 1. The molecule has 1 aromatic rings. The van der Waals surface area contributed by atoms with Crippen molar-refractivity contribution < 1.29 is 13.2 Å². The third-order valence-corrected chi connectivity index (χ3v) is 3.56. The number of rotatable bonds is 2. The van der Waals surface area contributed by atoms with Crippen molar-refractivity contribution in [3.63, 3.8) is 0 Å². The molecule has 1 aromatic carbocycles. The van der Waals surface area contributed by atoms with E-state index in [1.807, 2.05) is 11.8 Å². The Bertz CT molecular complexity index is 490.